The Balaban J connectivity index is 1.84. The number of hydrogen-bond donors (Lipinski definition) is 1. The largest absolute Gasteiger partial charge is 0.354 e. The first-order valence-corrected chi connectivity index (χ1v) is 13.2. The van der Waals surface area contributed by atoms with Gasteiger partial charge in [-0.3, -0.25) is 9.59 Å². The number of rotatable bonds is 12. The summed E-state index contributed by atoms with van der Waals surface area (Å²) in [7, 11) is 0. The number of carbonyl (C=O) groups excluding carboxylic acids is 2. The molecule has 0 spiro atoms. The van der Waals surface area contributed by atoms with Crippen LogP contribution in [0.25, 0.3) is 0 Å². The highest BCUT2D eigenvalue weighted by atomic mass is 32.2. The third-order valence-electron chi connectivity index (χ3n) is 5.66. The van der Waals surface area contributed by atoms with Crippen LogP contribution in [0.4, 0.5) is 8.78 Å². The Labute approximate surface area is 216 Å². The van der Waals surface area contributed by atoms with Crippen LogP contribution >= 0.6 is 11.8 Å². The van der Waals surface area contributed by atoms with Crippen molar-refractivity contribution >= 4 is 23.6 Å². The SMILES string of the molecule is CC(C)CNC(=O)C(Cc1ccccc1)N(Cc1ccccc1F)C(=O)CSCc1ccc(F)cc1. The molecule has 0 saturated carbocycles. The highest BCUT2D eigenvalue weighted by Gasteiger charge is 2.30. The molecule has 3 rings (SSSR count). The number of carbonyl (C=O) groups is 2. The second-order valence-corrected chi connectivity index (χ2v) is 10.1. The van der Waals surface area contributed by atoms with Gasteiger partial charge >= 0.3 is 0 Å². The van der Waals surface area contributed by atoms with E-state index in [1.54, 1.807) is 30.3 Å². The second kappa shape index (κ2) is 13.8. The summed E-state index contributed by atoms with van der Waals surface area (Å²) in [5.41, 5.74) is 2.15. The quantitative estimate of drug-likeness (QED) is 0.345. The van der Waals surface area contributed by atoms with Crippen molar-refractivity contribution in [1.82, 2.24) is 10.2 Å². The molecule has 1 atom stereocenters. The summed E-state index contributed by atoms with van der Waals surface area (Å²) >= 11 is 1.38. The first-order chi connectivity index (χ1) is 17.3. The van der Waals surface area contributed by atoms with Crippen molar-refractivity contribution in [2.45, 2.75) is 38.6 Å². The van der Waals surface area contributed by atoms with Crippen LogP contribution in [0.1, 0.15) is 30.5 Å². The summed E-state index contributed by atoms with van der Waals surface area (Å²) in [5, 5.41) is 2.96. The number of halogens is 2. The van der Waals surface area contributed by atoms with Gasteiger partial charge in [0.25, 0.3) is 0 Å². The van der Waals surface area contributed by atoms with Crippen LogP contribution in [0.3, 0.4) is 0 Å². The summed E-state index contributed by atoms with van der Waals surface area (Å²) in [6.07, 6.45) is 0.313. The monoisotopic (exact) mass is 510 g/mol. The molecule has 36 heavy (non-hydrogen) atoms. The Hall–Kier alpha value is -3.19. The Morgan fingerprint density at radius 3 is 2.22 bits per heavy atom. The standard InChI is InChI=1S/C29H32F2N2O2S/c1-21(2)17-32-29(35)27(16-22-8-4-3-5-9-22)33(18-24-10-6-7-11-26(24)31)28(34)20-36-19-23-12-14-25(30)15-13-23/h3-15,21,27H,16-20H2,1-2H3,(H,32,35). The predicted molar refractivity (Wildman–Crippen MR) is 141 cm³/mol. The molecule has 3 aromatic rings. The van der Waals surface area contributed by atoms with Gasteiger partial charge < -0.3 is 10.2 Å². The van der Waals surface area contributed by atoms with Crippen LogP contribution in [0.5, 0.6) is 0 Å². The molecule has 1 unspecified atom stereocenters. The summed E-state index contributed by atoms with van der Waals surface area (Å²) in [4.78, 5) is 28.4. The molecular formula is C29H32F2N2O2S. The minimum Gasteiger partial charge on any atom is -0.354 e. The normalized spacial score (nSPS) is 11.8. The van der Waals surface area contributed by atoms with Crippen molar-refractivity contribution in [2.75, 3.05) is 12.3 Å². The Morgan fingerprint density at radius 1 is 0.889 bits per heavy atom. The maximum absolute atomic E-state index is 14.6. The van der Waals surface area contributed by atoms with Crippen LogP contribution in [0.2, 0.25) is 0 Å². The number of hydrogen-bond acceptors (Lipinski definition) is 3. The van der Waals surface area contributed by atoms with Crippen molar-refractivity contribution in [3.05, 3.63) is 107 Å². The van der Waals surface area contributed by atoms with Crippen molar-refractivity contribution < 1.29 is 18.4 Å². The van der Waals surface area contributed by atoms with Crippen molar-refractivity contribution in [2.24, 2.45) is 5.92 Å². The number of nitrogens with zero attached hydrogens (tertiary/aromatic N) is 1. The fourth-order valence-corrected chi connectivity index (χ4v) is 4.58. The molecule has 0 aliphatic heterocycles. The Morgan fingerprint density at radius 2 is 1.56 bits per heavy atom. The maximum Gasteiger partial charge on any atom is 0.243 e. The average molecular weight is 511 g/mol. The van der Waals surface area contributed by atoms with Gasteiger partial charge in [0.1, 0.15) is 17.7 Å². The van der Waals surface area contributed by atoms with Crippen molar-refractivity contribution in [3.8, 4) is 0 Å². The third-order valence-corrected chi connectivity index (χ3v) is 6.65. The molecule has 0 heterocycles. The summed E-state index contributed by atoms with van der Waals surface area (Å²) in [6.45, 7) is 4.46. The second-order valence-electron chi connectivity index (χ2n) is 9.08. The van der Waals surface area contributed by atoms with Crippen LogP contribution < -0.4 is 5.32 Å². The van der Waals surface area contributed by atoms with Crippen LogP contribution in [-0.2, 0) is 28.3 Å². The molecule has 0 bridgehead atoms. The molecule has 4 nitrogen and oxygen atoms in total. The Bertz CT molecular complexity index is 1120. The van der Waals surface area contributed by atoms with E-state index >= 15 is 0 Å². The predicted octanol–water partition coefficient (Wildman–Crippen LogP) is 5.61. The molecule has 190 valence electrons. The molecule has 0 aliphatic rings. The van der Waals surface area contributed by atoms with Gasteiger partial charge in [0.15, 0.2) is 0 Å². The zero-order valence-corrected chi connectivity index (χ0v) is 21.4. The molecular weight excluding hydrogens is 478 g/mol. The van der Waals surface area contributed by atoms with E-state index in [0.29, 0.717) is 24.3 Å². The molecule has 0 saturated heterocycles. The van der Waals surface area contributed by atoms with Crippen molar-refractivity contribution in [3.63, 3.8) is 0 Å². The molecule has 2 amide bonds. The van der Waals surface area contributed by atoms with Crippen LogP contribution in [-0.4, -0.2) is 35.1 Å². The lowest BCUT2D eigenvalue weighted by Crippen LogP contribution is -2.51. The van der Waals surface area contributed by atoms with E-state index in [1.165, 1.54) is 34.9 Å². The topological polar surface area (TPSA) is 49.4 Å². The highest BCUT2D eigenvalue weighted by Crippen LogP contribution is 2.20. The van der Waals surface area contributed by atoms with Crippen LogP contribution in [0.15, 0.2) is 78.9 Å². The fraction of sp³-hybridized carbons (Fsp3) is 0.310. The third kappa shape index (κ3) is 8.48. The molecule has 0 radical (unpaired) electrons. The molecule has 7 heteroatoms. The van der Waals surface area contributed by atoms with Gasteiger partial charge in [0, 0.05) is 30.8 Å². The van der Waals surface area contributed by atoms with Gasteiger partial charge in [-0.2, -0.15) is 0 Å². The zero-order valence-electron chi connectivity index (χ0n) is 20.6. The highest BCUT2D eigenvalue weighted by molar-refractivity contribution is 7.99. The van der Waals surface area contributed by atoms with E-state index in [4.69, 9.17) is 0 Å². The molecule has 0 fully saturated rings. The van der Waals surface area contributed by atoms with Crippen molar-refractivity contribution in [1.29, 1.82) is 0 Å². The minimum atomic E-state index is -0.801. The average Bonchev–Trinajstić information content (AvgIpc) is 2.87. The number of amides is 2. The Kier molecular flexibility index (Phi) is 10.5. The summed E-state index contributed by atoms with van der Waals surface area (Å²) < 4.78 is 27.8. The summed E-state index contributed by atoms with van der Waals surface area (Å²) in [6, 6.07) is 21.1. The maximum atomic E-state index is 14.6. The van der Waals surface area contributed by atoms with E-state index in [0.717, 1.165) is 11.1 Å². The molecule has 3 aromatic carbocycles. The smallest absolute Gasteiger partial charge is 0.243 e. The lowest BCUT2D eigenvalue weighted by atomic mass is 10.0. The van der Waals surface area contributed by atoms with Gasteiger partial charge in [-0.05, 0) is 35.2 Å². The zero-order chi connectivity index (χ0) is 25.9. The van der Waals surface area contributed by atoms with Gasteiger partial charge in [-0.1, -0.05) is 74.5 Å². The fourth-order valence-electron chi connectivity index (χ4n) is 3.71. The first kappa shape index (κ1) is 27.4. The van der Waals surface area contributed by atoms with Gasteiger partial charge in [0.2, 0.25) is 11.8 Å². The minimum absolute atomic E-state index is 0.0186. The molecule has 1 N–H and O–H groups in total. The summed E-state index contributed by atoms with van der Waals surface area (Å²) in [5.74, 6) is -0.390. The number of nitrogens with one attached hydrogen (secondary N) is 1. The van der Waals surface area contributed by atoms with Gasteiger partial charge in [0.05, 0.1) is 5.75 Å². The van der Waals surface area contributed by atoms with Crippen LogP contribution in [0, 0.1) is 17.6 Å². The molecule has 0 aliphatic carbocycles. The van der Waals surface area contributed by atoms with Gasteiger partial charge in [-0.25, -0.2) is 8.78 Å². The lowest BCUT2D eigenvalue weighted by molar-refractivity contribution is -0.139. The van der Waals surface area contributed by atoms with E-state index in [9.17, 15) is 18.4 Å². The van der Waals surface area contributed by atoms with E-state index < -0.39 is 11.9 Å². The number of thioether (sulfide) groups is 1. The molecule has 0 aromatic heterocycles. The van der Waals surface area contributed by atoms with E-state index in [1.807, 2.05) is 44.2 Å². The number of benzene rings is 3. The van der Waals surface area contributed by atoms with E-state index in [2.05, 4.69) is 5.32 Å². The van der Waals surface area contributed by atoms with E-state index in [-0.39, 0.29) is 35.8 Å². The lowest BCUT2D eigenvalue weighted by Gasteiger charge is -2.32. The first-order valence-electron chi connectivity index (χ1n) is 12.0. The van der Waals surface area contributed by atoms with Gasteiger partial charge in [-0.15, -0.1) is 11.8 Å².